The molecule has 0 saturated carbocycles. The fourth-order valence-corrected chi connectivity index (χ4v) is 3.17. The van der Waals surface area contributed by atoms with Crippen molar-refractivity contribution in [3.05, 3.63) is 65.7 Å². The summed E-state index contributed by atoms with van der Waals surface area (Å²) in [7, 11) is 1.60. The van der Waals surface area contributed by atoms with Gasteiger partial charge >= 0.3 is 0 Å². The van der Waals surface area contributed by atoms with Gasteiger partial charge in [0, 0.05) is 19.6 Å². The number of ether oxygens (including phenoxy) is 1. The van der Waals surface area contributed by atoms with Gasteiger partial charge in [0.05, 0.1) is 26.2 Å². The van der Waals surface area contributed by atoms with Gasteiger partial charge in [-0.15, -0.1) is 0 Å². The van der Waals surface area contributed by atoms with Crippen LogP contribution in [0.2, 0.25) is 0 Å². The lowest BCUT2D eigenvalue weighted by Gasteiger charge is -2.22. The van der Waals surface area contributed by atoms with Crippen LogP contribution < -0.4 is 4.74 Å². The Morgan fingerprint density at radius 3 is 2.44 bits per heavy atom. The fourth-order valence-electron chi connectivity index (χ4n) is 3.17. The molecule has 1 heterocycles. The molecule has 1 N–H and O–H groups in total. The van der Waals surface area contributed by atoms with Crippen molar-refractivity contribution in [1.29, 1.82) is 0 Å². The molecule has 1 fully saturated rings. The minimum Gasteiger partial charge on any atom is -0.497 e. The molecule has 1 aliphatic rings. The topological polar surface area (TPSA) is 70.1 Å². The Labute approximate surface area is 159 Å². The van der Waals surface area contributed by atoms with E-state index < -0.39 is 6.10 Å². The normalized spacial score (nSPS) is 17.6. The molecule has 0 bridgehead atoms. The van der Waals surface area contributed by atoms with Gasteiger partial charge in [-0.25, -0.2) is 0 Å². The van der Waals surface area contributed by atoms with Crippen molar-refractivity contribution in [2.24, 2.45) is 0 Å². The predicted octanol–water partition coefficient (Wildman–Crippen LogP) is 1.47. The Kier molecular flexibility index (Phi) is 6.08. The fraction of sp³-hybridized carbons (Fsp3) is 0.333. The molecule has 0 spiro atoms. The van der Waals surface area contributed by atoms with E-state index in [4.69, 9.17) is 4.74 Å². The Morgan fingerprint density at radius 1 is 1.07 bits per heavy atom. The first-order valence-electron chi connectivity index (χ1n) is 8.95. The lowest BCUT2D eigenvalue weighted by molar-refractivity contribution is -0.138. The van der Waals surface area contributed by atoms with Crippen LogP contribution in [0.1, 0.15) is 11.1 Å². The molecule has 3 rings (SSSR count). The minimum absolute atomic E-state index is 0.0150. The van der Waals surface area contributed by atoms with Crippen molar-refractivity contribution in [3.8, 4) is 5.75 Å². The lowest BCUT2D eigenvalue weighted by Crippen LogP contribution is -2.40. The van der Waals surface area contributed by atoms with Gasteiger partial charge in [-0.2, -0.15) is 0 Å². The second kappa shape index (κ2) is 8.68. The first-order chi connectivity index (χ1) is 13.0. The summed E-state index contributed by atoms with van der Waals surface area (Å²) in [4.78, 5) is 28.3. The molecule has 2 aromatic carbocycles. The van der Waals surface area contributed by atoms with Crippen LogP contribution in [0, 0.1) is 0 Å². The Hall–Kier alpha value is -2.86. The van der Waals surface area contributed by atoms with Crippen LogP contribution in [0.5, 0.6) is 5.75 Å². The standard InChI is InChI=1S/C21H24N2O4/c1-27-19-9-7-17(8-10-19)12-22-13-18(24)14-23(15-21(22)26)20(25)11-16-5-3-2-4-6-16/h2-10,18,24H,11-15H2,1H3. The van der Waals surface area contributed by atoms with Gasteiger partial charge in [0.1, 0.15) is 5.75 Å². The van der Waals surface area contributed by atoms with Gasteiger partial charge < -0.3 is 19.6 Å². The van der Waals surface area contributed by atoms with E-state index in [1.54, 1.807) is 12.0 Å². The number of amides is 2. The summed E-state index contributed by atoms with van der Waals surface area (Å²) >= 11 is 0. The van der Waals surface area contributed by atoms with Crippen LogP contribution in [0.25, 0.3) is 0 Å². The molecule has 2 amide bonds. The van der Waals surface area contributed by atoms with Crippen LogP contribution in [0.4, 0.5) is 0 Å². The van der Waals surface area contributed by atoms with Crippen molar-refractivity contribution < 1.29 is 19.4 Å². The summed E-state index contributed by atoms with van der Waals surface area (Å²) in [6, 6.07) is 16.9. The molecule has 1 aliphatic heterocycles. The van der Waals surface area contributed by atoms with Crippen LogP contribution in [-0.2, 0) is 22.6 Å². The van der Waals surface area contributed by atoms with Gasteiger partial charge in [-0.05, 0) is 23.3 Å². The lowest BCUT2D eigenvalue weighted by atomic mass is 10.1. The summed E-state index contributed by atoms with van der Waals surface area (Å²) in [5, 5.41) is 10.3. The number of methoxy groups -OCH3 is 1. The highest BCUT2D eigenvalue weighted by molar-refractivity contribution is 5.86. The van der Waals surface area contributed by atoms with Crippen molar-refractivity contribution >= 4 is 11.8 Å². The highest BCUT2D eigenvalue weighted by Crippen LogP contribution is 2.15. The largest absolute Gasteiger partial charge is 0.497 e. The zero-order valence-corrected chi connectivity index (χ0v) is 15.4. The van der Waals surface area contributed by atoms with Gasteiger partial charge in [0.25, 0.3) is 0 Å². The maximum absolute atomic E-state index is 12.7. The number of carbonyl (C=O) groups is 2. The van der Waals surface area contributed by atoms with E-state index in [9.17, 15) is 14.7 Å². The number of benzene rings is 2. The Balaban J connectivity index is 1.65. The second-order valence-corrected chi connectivity index (χ2v) is 6.71. The average molecular weight is 368 g/mol. The van der Waals surface area contributed by atoms with E-state index in [-0.39, 0.29) is 37.9 Å². The molecule has 0 aliphatic carbocycles. The third-order valence-corrected chi connectivity index (χ3v) is 4.62. The van der Waals surface area contributed by atoms with E-state index in [1.165, 1.54) is 4.90 Å². The van der Waals surface area contributed by atoms with E-state index in [1.807, 2.05) is 54.6 Å². The monoisotopic (exact) mass is 368 g/mol. The molecule has 0 radical (unpaired) electrons. The maximum Gasteiger partial charge on any atom is 0.242 e. The molecule has 2 aromatic rings. The Morgan fingerprint density at radius 2 is 1.78 bits per heavy atom. The number of β-amino-alcohol motifs (C(OH)–C–C–N with tert-alkyl or cyclic N) is 1. The van der Waals surface area contributed by atoms with Crippen molar-refractivity contribution in [3.63, 3.8) is 0 Å². The van der Waals surface area contributed by atoms with Crippen molar-refractivity contribution in [2.75, 3.05) is 26.7 Å². The number of aliphatic hydroxyl groups is 1. The summed E-state index contributed by atoms with van der Waals surface area (Å²) in [6.07, 6.45) is -0.548. The average Bonchev–Trinajstić information content (AvgIpc) is 2.81. The molecule has 142 valence electrons. The smallest absolute Gasteiger partial charge is 0.242 e. The van der Waals surface area contributed by atoms with Crippen LogP contribution in [-0.4, -0.2) is 59.6 Å². The molecule has 6 heteroatoms. The van der Waals surface area contributed by atoms with Crippen molar-refractivity contribution in [2.45, 2.75) is 19.1 Å². The first kappa shape index (κ1) is 18.9. The summed E-state index contributed by atoms with van der Waals surface area (Å²) in [5.74, 6) is 0.433. The molecule has 27 heavy (non-hydrogen) atoms. The number of nitrogens with zero attached hydrogens (tertiary/aromatic N) is 2. The minimum atomic E-state index is -0.769. The van der Waals surface area contributed by atoms with Gasteiger partial charge in [0.15, 0.2) is 0 Å². The maximum atomic E-state index is 12.7. The quantitative estimate of drug-likeness (QED) is 0.868. The number of rotatable bonds is 5. The van der Waals surface area contributed by atoms with E-state index in [0.29, 0.717) is 6.54 Å². The third-order valence-electron chi connectivity index (χ3n) is 4.62. The number of aliphatic hydroxyl groups excluding tert-OH is 1. The van der Waals surface area contributed by atoms with E-state index in [2.05, 4.69) is 0 Å². The van der Waals surface area contributed by atoms with E-state index >= 15 is 0 Å². The zero-order valence-electron chi connectivity index (χ0n) is 15.4. The molecular formula is C21H24N2O4. The van der Waals surface area contributed by atoms with Crippen molar-refractivity contribution in [1.82, 2.24) is 9.80 Å². The molecule has 0 aromatic heterocycles. The molecule has 1 saturated heterocycles. The predicted molar refractivity (Wildman–Crippen MR) is 101 cm³/mol. The summed E-state index contributed by atoms with van der Waals surface area (Å²) in [5.41, 5.74) is 1.84. The van der Waals surface area contributed by atoms with Crippen LogP contribution >= 0.6 is 0 Å². The number of hydrogen-bond acceptors (Lipinski definition) is 4. The number of hydrogen-bond donors (Lipinski definition) is 1. The van der Waals surface area contributed by atoms with Gasteiger partial charge in [-0.1, -0.05) is 42.5 Å². The summed E-state index contributed by atoms with van der Waals surface area (Å²) < 4.78 is 5.14. The molecule has 1 atom stereocenters. The molecule has 1 unspecified atom stereocenters. The first-order valence-corrected chi connectivity index (χ1v) is 8.95. The van der Waals surface area contributed by atoms with Gasteiger partial charge in [-0.3, -0.25) is 9.59 Å². The second-order valence-electron chi connectivity index (χ2n) is 6.71. The molecular weight excluding hydrogens is 344 g/mol. The highest BCUT2D eigenvalue weighted by Gasteiger charge is 2.29. The SMILES string of the molecule is COc1ccc(CN2CC(O)CN(C(=O)Cc3ccccc3)CC2=O)cc1. The van der Waals surface area contributed by atoms with Crippen LogP contribution in [0.15, 0.2) is 54.6 Å². The summed E-state index contributed by atoms with van der Waals surface area (Å²) in [6.45, 7) is 0.746. The molecule has 6 nitrogen and oxygen atoms in total. The number of carbonyl (C=O) groups excluding carboxylic acids is 2. The highest BCUT2D eigenvalue weighted by atomic mass is 16.5. The zero-order chi connectivity index (χ0) is 19.2. The van der Waals surface area contributed by atoms with Gasteiger partial charge in [0.2, 0.25) is 11.8 Å². The Bertz CT molecular complexity index is 777. The van der Waals surface area contributed by atoms with Crippen LogP contribution in [0.3, 0.4) is 0 Å². The third kappa shape index (κ3) is 5.08. The van der Waals surface area contributed by atoms with E-state index in [0.717, 1.165) is 16.9 Å².